The van der Waals surface area contributed by atoms with Gasteiger partial charge in [-0.25, -0.2) is 0 Å². The van der Waals surface area contributed by atoms with Gasteiger partial charge in [0.1, 0.15) is 0 Å². The van der Waals surface area contributed by atoms with Crippen LogP contribution in [0.4, 0.5) is 0 Å². The summed E-state index contributed by atoms with van der Waals surface area (Å²) in [6.07, 6.45) is 0. The van der Waals surface area contributed by atoms with Crippen molar-refractivity contribution in [3.05, 3.63) is 0 Å². The quantitative estimate of drug-likeness (QED) is 0.221. The number of halogens is 5. The molecule has 19 heavy (non-hydrogen) atoms. The summed E-state index contributed by atoms with van der Waals surface area (Å²) in [6.45, 7) is 20.4. The van der Waals surface area contributed by atoms with Crippen LogP contribution in [0.15, 0.2) is 0 Å². The molecule has 0 aromatic heterocycles. The molecule has 0 unspecified atom stereocenters. The molecule has 0 fully saturated rings. The van der Waals surface area contributed by atoms with Gasteiger partial charge in [-0.15, -0.1) is 0 Å². The summed E-state index contributed by atoms with van der Waals surface area (Å²) in [5, 5.41) is 0. The van der Waals surface area contributed by atoms with Gasteiger partial charge in [0.2, 0.25) is 0 Å². The first-order valence-corrected chi connectivity index (χ1v) is 19.1. The van der Waals surface area contributed by atoms with Crippen LogP contribution < -0.4 is 0 Å². The topological polar surface area (TPSA) is 0 Å². The molecule has 0 saturated carbocycles. The van der Waals surface area contributed by atoms with E-state index in [2.05, 4.69) is 69.4 Å². The summed E-state index contributed by atoms with van der Waals surface area (Å²) in [4.78, 5) is 0. The second-order valence-electron chi connectivity index (χ2n) is 4.99. The molecule has 0 atom stereocenters. The van der Waals surface area contributed by atoms with E-state index < -0.39 is 3.81 Å². The van der Waals surface area contributed by atoms with E-state index in [0.717, 1.165) is 0 Å². The molecule has 10 heteroatoms. The molecule has 0 saturated heterocycles. The van der Waals surface area contributed by atoms with Gasteiger partial charge in [-0.1, -0.05) is 0 Å². The Labute approximate surface area is 160 Å². The summed E-state index contributed by atoms with van der Waals surface area (Å²) in [6, 6.07) is 0. The van der Waals surface area contributed by atoms with E-state index in [9.17, 15) is 0 Å². The third kappa shape index (κ3) is 669. The van der Waals surface area contributed by atoms with E-state index in [0.29, 0.717) is 0 Å². The van der Waals surface area contributed by atoms with E-state index in [4.69, 9.17) is 45.8 Å². The molecule has 0 nitrogen and oxygen atoms in total. The van der Waals surface area contributed by atoms with Gasteiger partial charge in [-0.3, -0.25) is 0 Å². The van der Waals surface area contributed by atoms with Crippen molar-refractivity contribution in [2.75, 3.05) is 60.0 Å². The molecule has 0 spiro atoms. The second kappa shape index (κ2) is 26.4. The molecule has 0 aliphatic heterocycles. The molecule has 0 aromatic rings. The number of hydrogen-bond acceptors (Lipinski definition) is 0. The maximum absolute atomic E-state index is 4.89. The van der Waals surface area contributed by atoms with Crippen LogP contribution in [-0.4, -0.2) is 63.8 Å². The second-order valence-corrected chi connectivity index (χ2v) is 18.0. The van der Waals surface area contributed by atoms with Crippen LogP contribution in [0.1, 0.15) is 0 Å². The van der Waals surface area contributed by atoms with E-state index in [1.165, 1.54) is 0 Å². The van der Waals surface area contributed by atoms with Gasteiger partial charge in [0, 0.05) is 60.0 Å². The Balaban J connectivity index is -0.0000000441. The van der Waals surface area contributed by atoms with E-state index >= 15 is 0 Å². The van der Waals surface area contributed by atoms with Gasteiger partial charge in [0.05, 0.1) is 0 Å². The molecule has 0 bridgehead atoms. The summed E-state index contributed by atoms with van der Waals surface area (Å²) in [5.74, 6) is 0. The SMILES string of the molecule is C[PH+](C)C.C[PH+](C)C.C[PH+](C)C.Cl[B-](Cl)(Cl)Cl.[Cl][Pt+]. The molecular weight excluding hydrogens is 584 g/mol. The zero-order valence-corrected chi connectivity index (χ0v) is 22.3. The Morgan fingerprint density at radius 1 is 0.526 bits per heavy atom. The van der Waals surface area contributed by atoms with Gasteiger partial charge in [0.25, 0.3) is 0 Å². The van der Waals surface area contributed by atoms with Crippen molar-refractivity contribution in [2.24, 2.45) is 0 Å². The van der Waals surface area contributed by atoms with Crippen molar-refractivity contribution in [3.8, 4) is 0 Å². The monoisotopic (exact) mass is 612 g/mol. The van der Waals surface area contributed by atoms with Crippen molar-refractivity contribution in [3.63, 3.8) is 0 Å². The summed E-state index contributed by atoms with van der Waals surface area (Å²) in [7, 11) is 4.97. The van der Waals surface area contributed by atoms with Crippen LogP contribution in [-0.2, 0) is 18.8 Å². The van der Waals surface area contributed by atoms with Crippen LogP contribution in [0.3, 0.4) is 0 Å². The first-order valence-electron chi connectivity index (χ1n) is 5.49. The number of rotatable bonds is 0. The van der Waals surface area contributed by atoms with E-state index in [1.807, 2.05) is 0 Å². The average molecular weight is 614 g/mol. The summed E-state index contributed by atoms with van der Waals surface area (Å²) >= 11 is 21.2. The Hall–Kier alpha value is 3.49. The van der Waals surface area contributed by atoms with Crippen LogP contribution in [0.2, 0.25) is 0 Å². The fourth-order valence-corrected chi connectivity index (χ4v) is 0. The molecule has 0 aromatic carbocycles. The van der Waals surface area contributed by atoms with Crippen LogP contribution in [0.25, 0.3) is 0 Å². The maximum atomic E-state index is 4.89. The zero-order valence-electron chi connectivity index (χ0n) is 13.3. The van der Waals surface area contributed by atoms with Crippen LogP contribution in [0.5, 0.6) is 0 Å². The van der Waals surface area contributed by atoms with Gasteiger partial charge >= 0.3 is 32.0 Å². The summed E-state index contributed by atoms with van der Waals surface area (Å²) in [5.41, 5.74) is 0. The fourth-order valence-electron chi connectivity index (χ4n) is 0. The van der Waals surface area contributed by atoms with Crippen molar-refractivity contribution >= 4 is 82.8 Å². The van der Waals surface area contributed by atoms with Crippen LogP contribution in [0, 0.1) is 0 Å². The average Bonchev–Trinajstić information content (AvgIpc) is 1.99. The van der Waals surface area contributed by atoms with Gasteiger partial charge in [0.15, 0.2) is 0 Å². The molecule has 0 radical (unpaired) electrons. The van der Waals surface area contributed by atoms with Crippen molar-refractivity contribution in [2.45, 2.75) is 0 Å². The predicted octanol–water partition coefficient (Wildman–Crippen LogP) is 6.33. The molecule has 0 N–H and O–H groups in total. The fraction of sp³-hybridized carbons (Fsp3) is 1.00. The van der Waals surface area contributed by atoms with Crippen molar-refractivity contribution in [1.29, 1.82) is 0 Å². The van der Waals surface area contributed by atoms with Crippen LogP contribution >= 0.6 is 79.0 Å². The first kappa shape index (κ1) is 34.0. The number of hydrogen-bond donors (Lipinski definition) is 0. The standard InChI is InChI=1S/3C3H9P.BCl4.ClH.Pt/c3*1-4(2)3;2-1(3,4)5;;/h3*1-3H3;;1H;/q;;;-1;;+2/p+2. The minimum absolute atomic E-state index is 0.120. The third-order valence-corrected chi connectivity index (χ3v) is 0. The predicted molar refractivity (Wildman–Crippen MR) is 113 cm³/mol. The normalized spacial score (nSPS) is 9.21. The summed E-state index contributed by atoms with van der Waals surface area (Å²) < 4.78 is -2.11. The first-order chi connectivity index (χ1) is 8.20. The molecule has 0 aliphatic carbocycles. The molecule has 0 heterocycles. The zero-order chi connectivity index (χ0) is 17.2. The van der Waals surface area contributed by atoms with E-state index in [1.54, 1.807) is 18.8 Å². The Kier molecular flexibility index (Phi) is 47.2. The van der Waals surface area contributed by atoms with Crippen molar-refractivity contribution in [1.82, 2.24) is 0 Å². The Morgan fingerprint density at radius 2 is 0.526 bits per heavy atom. The van der Waals surface area contributed by atoms with Gasteiger partial charge in [-0.2, -0.15) is 0 Å². The van der Waals surface area contributed by atoms with E-state index in [-0.39, 0.29) is 23.8 Å². The molecule has 126 valence electrons. The third-order valence-electron chi connectivity index (χ3n) is 0. The van der Waals surface area contributed by atoms with Crippen molar-refractivity contribution < 1.29 is 18.8 Å². The Bertz CT molecular complexity index is 109. The van der Waals surface area contributed by atoms with Gasteiger partial charge < -0.3 is 45.8 Å². The Morgan fingerprint density at radius 3 is 0.526 bits per heavy atom. The molecule has 0 aliphatic rings. The molecular formula is C9H30BCl5P3Pt+3. The van der Waals surface area contributed by atoms with Gasteiger partial charge in [-0.05, 0) is 23.8 Å². The molecule has 0 rings (SSSR count). The minimum atomic E-state index is -2.11. The molecule has 0 amide bonds.